The first-order valence-corrected chi connectivity index (χ1v) is 7.59. The van der Waals surface area contributed by atoms with E-state index in [9.17, 15) is 9.59 Å². The van der Waals surface area contributed by atoms with Crippen molar-refractivity contribution in [2.45, 2.75) is 13.5 Å². The maximum atomic E-state index is 12.3. The molecule has 1 atom stereocenters. The number of nitrogens with zero attached hydrogens (tertiary/aromatic N) is 3. The molecular weight excluding hydrogens is 329 g/mol. The third-order valence-electron chi connectivity index (χ3n) is 3.41. The monoisotopic (exact) mass is 347 g/mol. The fraction of sp³-hybridized carbons (Fsp3) is 0.200. The number of carbonyl (C=O) groups excluding carboxylic acids is 1. The number of carboxylic acid groups (broad SMARTS) is 1. The summed E-state index contributed by atoms with van der Waals surface area (Å²) in [4.78, 5) is 31.2. The van der Waals surface area contributed by atoms with Crippen LogP contribution in [0.4, 0.5) is 0 Å². The lowest BCUT2D eigenvalue weighted by Crippen LogP contribution is -2.38. The van der Waals surface area contributed by atoms with Gasteiger partial charge >= 0.3 is 5.97 Å². The van der Waals surface area contributed by atoms with E-state index >= 15 is 0 Å². The van der Waals surface area contributed by atoms with Crippen LogP contribution in [0.5, 0.6) is 0 Å². The van der Waals surface area contributed by atoms with Crippen molar-refractivity contribution in [1.82, 2.24) is 15.0 Å². The maximum Gasteiger partial charge on any atom is 0.354 e. The quantitative estimate of drug-likeness (QED) is 0.511. The number of carbonyl (C=O) groups is 2. The highest BCUT2D eigenvalue weighted by atomic mass is 31.0. The minimum absolute atomic E-state index is 0.0525. The van der Waals surface area contributed by atoms with Gasteiger partial charge in [-0.25, -0.2) is 14.5 Å². The number of aromatic carboxylic acids is 1. The molecule has 0 saturated heterocycles. The van der Waals surface area contributed by atoms with Crippen molar-refractivity contribution in [3.63, 3.8) is 0 Å². The number of aryl methyl sites for hydroxylation is 1. The van der Waals surface area contributed by atoms with Gasteiger partial charge < -0.3 is 16.3 Å². The number of rotatable bonds is 4. The molecule has 0 spiro atoms. The van der Waals surface area contributed by atoms with Gasteiger partial charge in [0, 0.05) is 19.7 Å². The van der Waals surface area contributed by atoms with Gasteiger partial charge in [-0.15, -0.1) is 9.24 Å². The van der Waals surface area contributed by atoms with Crippen molar-refractivity contribution in [2.24, 2.45) is 4.99 Å². The van der Waals surface area contributed by atoms with E-state index in [1.807, 2.05) is 25.1 Å². The Morgan fingerprint density at radius 2 is 2.12 bits per heavy atom. The molecule has 0 aliphatic heterocycles. The summed E-state index contributed by atoms with van der Waals surface area (Å²) in [5, 5.41) is 12.9. The summed E-state index contributed by atoms with van der Waals surface area (Å²) < 4.78 is 0.820. The number of amides is 1. The summed E-state index contributed by atoms with van der Waals surface area (Å²) in [6.45, 7) is 2.27. The van der Waals surface area contributed by atoms with E-state index in [4.69, 9.17) is 10.9 Å². The van der Waals surface area contributed by atoms with Crippen molar-refractivity contribution in [3.8, 4) is 0 Å². The van der Waals surface area contributed by atoms with Gasteiger partial charge in [0.15, 0.2) is 5.69 Å². The molecule has 1 heterocycles. The molecule has 0 radical (unpaired) electrons. The number of benzene rings is 1. The maximum absolute atomic E-state index is 12.3. The van der Waals surface area contributed by atoms with E-state index in [0.29, 0.717) is 6.54 Å². The molecule has 1 aromatic heterocycles. The highest BCUT2D eigenvalue weighted by Crippen LogP contribution is 2.05. The van der Waals surface area contributed by atoms with Gasteiger partial charge in [-0.05, 0) is 23.4 Å². The zero-order chi connectivity index (χ0) is 17.9. The number of hydrogen-bond donors (Lipinski definition) is 3. The normalized spacial score (nSPS) is 11.4. The van der Waals surface area contributed by atoms with Crippen LogP contribution < -0.4 is 22.1 Å². The summed E-state index contributed by atoms with van der Waals surface area (Å²) in [5.41, 5.74) is 1.63. The number of nitrogens with one attached hydrogen (secondary N) is 1. The van der Waals surface area contributed by atoms with Crippen molar-refractivity contribution in [1.29, 1.82) is 0 Å². The average molecular weight is 347 g/mol. The van der Waals surface area contributed by atoms with Gasteiger partial charge in [-0.2, -0.15) is 0 Å². The lowest BCUT2D eigenvalue weighted by Gasteiger charge is -2.09. The van der Waals surface area contributed by atoms with Crippen molar-refractivity contribution < 1.29 is 14.7 Å². The zero-order valence-corrected chi connectivity index (χ0v) is 14.4. The van der Waals surface area contributed by atoms with Crippen LogP contribution in [-0.4, -0.2) is 33.7 Å². The Hall–Kier alpha value is -2.73. The van der Waals surface area contributed by atoms with Crippen LogP contribution in [0.3, 0.4) is 0 Å². The first kappa shape index (κ1) is 17.6. The Labute approximate surface area is 140 Å². The van der Waals surface area contributed by atoms with Gasteiger partial charge in [-0.1, -0.05) is 18.2 Å². The predicted octanol–water partition coefficient (Wildman–Crippen LogP) is -0.436. The average Bonchev–Trinajstić information content (AvgIpc) is 2.55. The Kier molecular flexibility index (Phi) is 5.31. The largest absolute Gasteiger partial charge is 0.477 e. The standard InChI is InChI=1S/C15H18N5O3P/c1-8-5-9(3-4-12(8)24)7-18-13(21)10-6-11(14(22)23)20(16)15(17-2)19-10/h3-6H,7,16,24H2,1-2H3,(H,18,21)(H,22,23). The molecule has 0 fully saturated rings. The molecule has 0 bridgehead atoms. The van der Waals surface area contributed by atoms with Crippen LogP contribution in [-0.2, 0) is 6.54 Å². The van der Waals surface area contributed by atoms with E-state index < -0.39 is 11.9 Å². The highest BCUT2D eigenvalue weighted by molar-refractivity contribution is 7.27. The third kappa shape index (κ3) is 3.78. The minimum atomic E-state index is -1.27. The molecule has 1 unspecified atom stereocenters. The van der Waals surface area contributed by atoms with Gasteiger partial charge in [0.05, 0.1) is 0 Å². The Balaban J connectivity index is 2.25. The van der Waals surface area contributed by atoms with Crippen molar-refractivity contribution in [3.05, 3.63) is 52.4 Å². The summed E-state index contributed by atoms with van der Waals surface area (Å²) in [7, 11) is 4.04. The fourth-order valence-corrected chi connectivity index (χ4v) is 2.24. The molecule has 9 heteroatoms. The molecular formula is C15H18N5O3P. The summed E-state index contributed by atoms with van der Waals surface area (Å²) in [6, 6.07) is 6.92. The van der Waals surface area contributed by atoms with E-state index in [2.05, 4.69) is 24.5 Å². The highest BCUT2D eigenvalue weighted by Gasteiger charge is 2.16. The van der Waals surface area contributed by atoms with E-state index in [1.54, 1.807) is 0 Å². The Bertz CT molecular complexity index is 876. The van der Waals surface area contributed by atoms with Crippen LogP contribution in [0.2, 0.25) is 0 Å². The van der Waals surface area contributed by atoms with E-state index in [-0.39, 0.29) is 17.0 Å². The Morgan fingerprint density at radius 3 is 2.71 bits per heavy atom. The fourth-order valence-electron chi connectivity index (χ4n) is 2.06. The molecule has 4 N–H and O–H groups in total. The topological polar surface area (TPSA) is 123 Å². The first-order valence-electron chi connectivity index (χ1n) is 7.02. The number of carboxylic acids is 1. The molecule has 1 amide bonds. The molecule has 0 aliphatic carbocycles. The van der Waals surface area contributed by atoms with Crippen LogP contribution >= 0.6 is 9.24 Å². The second-order valence-electron chi connectivity index (χ2n) is 5.10. The van der Waals surface area contributed by atoms with E-state index in [1.165, 1.54) is 7.05 Å². The number of nitrogen functional groups attached to an aromatic ring is 1. The summed E-state index contributed by atoms with van der Waals surface area (Å²) in [5.74, 6) is 3.83. The lowest BCUT2D eigenvalue weighted by molar-refractivity contribution is 0.0685. The Morgan fingerprint density at radius 1 is 1.42 bits per heavy atom. The molecule has 2 aromatic rings. The first-order chi connectivity index (χ1) is 11.3. The van der Waals surface area contributed by atoms with Gasteiger partial charge in [0.25, 0.3) is 5.91 Å². The second-order valence-corrected chi connectivity index (χ2v) is 5.72. The van der Waals surface area contributed by atoms with Crippen molar-refractivity contribution >= 4 is 26.4 Å². The number of hydrogen-bond acceptors (Lipinski definition) is 5. The van der Waals surface area contributed by atoms with Gasteiger partial charge in [0.2, 0.25) is 5.62 Å². The third-order valence-corrected chi connectivity index (χ3v) is 4.06. The van der Waals surface area contributed by atoms with Crippen LogP contribution in [0.15, 0.2) is 29.3 Å². The smallest absolute Gasteiger partial charge is 0.354 e. The molecule has 126 valence electrons. The lowest BCUT2D eigenvalue weighted by atomic mass is 10.1. The molecule has 24 heavy (non-hydrogen) atoms. The summed E-state index contributed by atoms with van der Waals surface area (Å²) >= 11 is 0. The van der Waals surface area contributed by atoms with Gasteiger partial charge in [-0.3, -0.25) is 9.79 Å². The SMILES string of the molecule is CN=c1nc(C(=O)NCc2ccc(P)c(C)c2)cc(C(=O)O)n1N. The second kappa shape index (κ2) is 7.23. The molecule has 2 rings (SSSR count). The molecule has 0 aliphatic rings. The van der Waals surface area contributed by atoms with Crippen LogP contribution in [0.25, 0.3) is 0 Å². The number of aromatic nitrogens is 2. The predicted molar refractivity (Wildman–Crippen MR) is 92.5 cm³/mol. The minimum Gasteiger partial charge on any atom is -0.477 e. The molecule has 0 saturated carbocycles. The van der Waals surface area contributed by atoms with Crippen LogP contribution in [0, 0.1) is 6.92 Å². The molecule has 8 nitrogen and oxygen atoms in total. The summed E-state index contributed by atoms with van der Waals surface area (Å²) in [6.07, 6.45) is 0. The zero-order valence-electron chi connectivity index (χ0n) is 13.3. The molecule has 1 aromatic carbocycles. The van der Waals surface area contributed by atoms with Crippen molar-refractivity contribution in [2.75, 3.05) is 12.9 Å². The number of nitrogens with two attached hydrogens (primary N) is 1. The van der Waals surface area contributed by atoms with Crippen LogP contribution in [0.1, 0.15) is 32.1 Å². The van der Waals surface area contributed by atoms with E-state index in [0.717, 1.165) is 27.2 Å². The van der Waals surface area contributed by atoms with Gasteiger partial charge in [0.1, 0.15) is 5.69 Å².